The molecule has 2 aliphatic rings. The van der Waals surface area contributed by atoms with Crippen LogP contribution in [0.5, 0.6) is 0 Å². The molecular formula is C23H33N5O. The SMILES string of the molecule is C=N/C(=N\C=C(/C)N1CCC[C@](c2ccccc2)(N(C)C)CCNC1=O)C1CC1. The molecule has 0 aromatic heterocycles. The molecule has 1 aromatic rings. The molecule has 1 atom stereocenters. The van der Waals surface area contributed by atoms with Gasteiger partial charge in [-0.05, 0) is 65.4 Å². The average Bonchev–Trinajstić information content (AvgIpc) is 3.54. The van der Waals surface area contributed by atoms with Gasteiger partial charge < -0.3 is 5.32 Å². The van der Waals surface area contributed by atoms with E-state index in [1.165, 1.54) is 5.56 Å². The Kier molecular flexibility index (Phi) is 6.85. The van der Waals surface area contributed by atoms with Crippen molar-refractivity contribution in [1.29, 1.82) is 0 Å². The summed E-state index contributed by atoms with van der Waals surface area (Å²) in [5.41, 5.74) is 2.05. The van der Waals surface area contributed by atoms with Crippen molar-refractivity contribution in [3.05, 3.63) is 47.8 Å². The van der Waals surface area contributed by atoms with Crippen molar-refractivity contribution in [3.8, 4) is 0 Å². The van der Waals surface area contributed by atoms with E-state index in [0.717, 1.165) is 43.6 Å². The second-order valence-corrected chi connectivity index (χ2v) is 8.22. The first-order valence-electron chi connectivity index (χ1n) is 10.5. The van der Waals surface area contributed by atoms with Crippen LogP contribution in [0.2, 0.25) is 0 Å². The molecule has 2 amide bonds. The van der Waals surface area contributed by atoms with Crippen LogP contribution in [0.4, 0.5) is 4.79 Å². The van der Waals surface area contributed by atoms with Crippen LogP contribution in [0.3, 0.4) is 0 Å². The van der Waals surface area contributed by atoms with E-state index in [1.54, 1.807) is 11.1 Å². The van der Waals surface area contributed by atoms with Crippen molar-refractivity contribution in [3.63, 3.8) is 0 Å². The lowest BCUT2D eigenvalue weighted by atomic mass is 9.81. The molecule has 0 unspecified atom stereocenters. The summed E-state index contributed by atoms with van der Waals surface area (Å²) < 4.78 is 0. The normalized spacial score (nSPS) is 24.6. The fraction of sp³-hybridized carbons (Fsp3) is 0.522. The zero-order valence-electron chi connectivity index (χ0n) is 17.9. The minimum absolute atomic E-state index is 0.0592. The predicted octanol–water partition coefficient (Wildman–Crippen LogP) is 4.01. The van der Waals surface area contributed by atoms with E-state index in [4.69, 9.17) is 0 Å². The first-order valence-corrected chi connectivity index (χ1v) is 10.5. The topological polar surface area (TPSA) is 60.3 Å². The third-order valence-corrected chi connectivity index (χ3v) is 6.11. The number of amidine groups is 1. The Morgan fingerprint density at radius 3 is 2.62 bits per heavy atom. The third-order valence-electron chi connectivity index (χ3n) is 6.11. The van der Waals surface area contributed by atoms with Crippen LogP contribution in [0.25, 0.3) is 0 Å². The highest BCUT2D eigenvalue weighted by atomic mass is 16.2. The number of carbonyl (C=O) groups is 1. The first-order chi connectivity index (χ1) is 14.0. The monoisotopic (exact) mass is 395 g/mol. The van der Waals surface area contributed by atoms with E-state index >= 15 is 0 Å². The standard InChI is InChI=1S/C23H33N5O/c1-18(17-26-21(24-2)19-11-12-19)28-16-8-13-23(27(3)4,14-15-25-22(28)29)20-9-6-5-7-10-20/h5-7,9-10,17,19H,2,8,11-16H2,1,3-4H3,(H,25,29)/b18-17+,26-21-/t23-/m0/s1. The van der Waals surface area contributed by atoms with Crippen molar-refractivity contribution in [2.24, 2.45) is 15.9 Å². The van der Waals surface area contributed by atoms with Gasteiger partial charge >= 0.3 is 6.03 Å². The fourth-order valence-electron chi connectivity index (χ4n) is 4.15. The molecule has 1 aliphatic heterocycles. The summed E-state index contributed by atoms with van der Waals surface area (Å²) in [6.45, 7) is 6.84. The summed E-state index contributed by atoms with van der Waals surface area (Å²) >= 11 is 0. The van der Waals surface area contributed by atoms with Gasteiger partial charge in [0, 0.05) is 36.4 Å². The van der Waals surface area contributed by atoms with Crippen LogP contribution in [0.15, 0.2) is 52.2 Å². The van der Waals surface area contributed by atoms with Crippen molar-refractivity contribution in [2.75, 3.05) is 27.2 Å². The number of rotatable bonds is 5. The van der Waals surface area contributed by atoms with Gasteiger partial charge in [-0.1, -0.05) is 30.3 Å². The molecule has 3 rings (SSSR count). The van der Waals surface area contributed by atoms with E-state index in [0.29, 0.717) is 19.0 Å². The number of urea groups is 1. The Hall–Kier alpha value is -2.47. The van der Waals surface area contributed by atoms with Gasteiger partial charge in [-0.3, -0.25) is 9.80 Å². The molecule has 1 saturated carbocycles. The molecule has 1 N–H and O–H groups in total. The number of benzene rings is 1. The van der Waals surface area contributed by atoms with Crippen molar-refractivity contribution in [1.82, 2.24) is 15.1 Å². The molecule has 0 spiro atoms. The van der Waals surface area contributed by atoms with Crippen LogP contribution in [0.1, 0.15) is 44.6 Å². The van der Waals surface area contributed by atoms with E-state index in [2.05, 4.69) is 65.3 Å². The zero-order chi connectivity index (χ0) is 20.9. The Bertz CT molecular complexity index is 782. The maximum atomic E-state index is 12.8. The highest BCUT2D eigenvalue weighted by molar-refractivity contribution is 5.90. The van der Waals surface area contributed by atoms with Gasteiger partial charge in [0.05, 0.1) is 0 Å². The second kappa shape index (κ2) is 9.35. The molecule has 1 aliphatic carbocycles. The Morgan fingerprint density at radius 1 is 1.28 bits per heavy atom. The molecule has 0 radical (unpaired) electrons. The second-order valence-electron chi connectivity index (χ2n) is 8.22. The van der Waals surface area contributed by atoms with E-state index in [9.17, 15) is 4.79 Å². The minimum Gasteiger partial charge on any atom is -0.338 e. The number of hydrogen-bond acceptors (Lipinski definition) is 3. The van der Waals surface area contributed by atoms with Gasteiger partial charge in [0.1, 0.15) is 5.84 Å². The fourth-order valence-corrected chi connectivity index (χ4v) is 4.15. The van der Waals surface area contributed by atoms with Crippen molar-refractivity contribution in [2.45, 2.75) is 44.6 Å². The van der Waals surface area contributed by atoms with Gasteiger partial charge in [-0.2, -0.15) is 0 Å². The summed E-state index contributed by atoms with van der Waals surface area (Å²) in [5.74, 6) is 1.22. The lowest BCUT2D eigenvalue weighted by Crippen LogP contribution is -2.44. The van der Waals surface area contributed by atoms with E-state index in [1.807, 2.05) is 13.0 Å². The molecule has 29 heavy (non-hydrogen) atoms. The quantitative estimate of drug-likeness (QED) is 0.605. The van der Waals surface area contributed by atoms with Gasteiger partial charge in [0.25, 0.3) is 0 Å². The molecule has 2 fully saturated rings. The van der Waals surface area contributed by atoms with Crippen LogP contribution < -0.4 is 5.32 Å². The summed E-state index contributed by atoms with van der Waals surface area (Å²) in [5, 5.41) is 3.11. The number of aliphatic imine (C=N–C) groups is 2. The highest BCUT2D eigenvalue weighted by Gasteiger charge is 2.35. The van der Waals surface area contributed by atoms with Gasteiger partial charge in [-0.25, -0.2) is 14.8 Å². The third kappa shape index (κ3) is 4.93. The number of carbonyl (C=O) groups excluding carboxylic acids is 1. The minimum atomic E-state index is -0.0910. The summed E-state index contributed by atoms with van der Waals surface area (Å²) in [4.78, 5) is 25.4. The van der Waals surface area contributed by atoms with Crippen LogP contribution in [-0.2, 0) is 5.54 Å². The van der Waals surface area contributed by atoms with Crippen LogP contribution in [0, 0.1) is 5.92 Å². The Balaban J connectivity index is 1.78. The number of hydrogen-bond donors (Lipinski definition) is 1. The highest BCUT2D eigenvalue weighted by Crippen LogP contribution is 2.36. The average molecular weight is 396 g/mol. The van der Waals surface area contributed by atoms with Crippen molar-refractivity contribution < 1.29 is 4.79 Å². The molecule has 1 saturated heterocycles. The van der Waals surface area contributed by atoms with Crippen molar-refractivity contribution >= 4 is 18.6 Å². The summed E-state index contributed by atoms with van der Waals surface area (Å²) in [6, 6.07) is 10.6. The maximum Gasteiger partial charge on any atom is 0.321 e. The van der Waals surface area contributed by atoms with Crippen LogP contribution in [-0.4, -0.2) is 55.6 Å². The van der Waals surface area contributed by atoms with E-state index < -0.39 is 0 Å². The Morgan fingerprint density at radius 2 is 2.00 bits per heavy atom. The molecule has 1 heterocycles. The lowest BCUT2D eigenvalue weighted by Gasteiger charge is -2.41. The van der Waals surface area contributed by atoms with Gasteiger partial charge in [0.15, 0.2) is 0 Å². The smallest absolute Gasteiger partial charge is 0.321 e. The first kappa shape index (κ1) is 21.2. The number of allylic oxidation sites excluding steroid dienone is 1. The summed E-state index contributed by atoms with van der Waals surface area (Å²) in [6.07, 6.45) is 6.77. The number of nitrogens with one attached hydrogen (secondary N) is 1. The van der Waals surface area contributed by atoms with Gasteiger partial charge in [0.2, 0.25) is 0 Å². The van der Waals surface area contributed by atoms with E-state index in [-0.39, 0.29) is 11.6 Å². The molecule has 1 aromatic carbocycles. The zero-order valence-corrected chi connectivity index (χ0v) is 17.9. The summed E-state index contributed by atoms with van der Waals surface area (Å²) in [7, 11) is 4.26. The van der Waals surface area contributed by atoms with Crippen LogP contribution >= 0.6 is 0 Å². The largest absolute Gasteiger partial charge is 0.338 e. The number of nitrogens with zero attached hydrogens (tertiary/aromatic N) is 4. The Labute approximate surface area is 174 Å². The molecule has 6 heteroatoms. The maximum absolute atomic E-state index is 12.8. The lowest BCUT2D eigenvalue weighted by molar-refractivity contribution is 0.124. The molecule has 156 valence electrons. The molecule has 0 bridgehead atoms. The van der Waals surface area contributed by atoms with Gasteiger partial charge in [-0.15, -0.1) is 0 Å². The molecular weight excluding hydrogens is 362 g/mol. The number of amides is 2. The predicted molar refractivity (Wildman–Crippen MR) is 119 cm³/mol. The molecule has 6 nitrogen and oxygen atoms in total.